The summed E-state index contributed by atoms with van der Waals surface area (Å²) < 4.78 is 11.4. The van der Waals surface area contributed by atoms with E-state index < -0.39 is 5.91 Å². The first-order chi connectivity index (χ1) is 16.4. The van der Waals surface area contributed by atoms with Crippen LogP contribution in [0.25, 0.3) is 6.08 Å². The molecule has 3 N–H and O–H groups in total. The molecular weight excluding hydrogens is 448 g/mol. The average molecular weight is 477 g/mol. The number of benzene rings is 2. The van der Waals surface area contributed by atoms with E-state index in [0.29, 0.717) is 34.6 Å². The Labute approximate surface area is 203 Å². The van der Waals surface area contributed by atoms with Crippen LogP contribution >= 0.6 is 11.3 Å². The fourth-order valence-electron chi connectivity index (χ4n) is 4.07. The van der Waals surface area contributed by atoms with Crippen molar-refractivity contribution in [1.29, 1.82) is 0 Å². The first kappa shape index (κ1) is 23.6. The lowest BCUT2D eigenvalue weighted by atomic mass is 9.88. The molecule has 0 aliphatic heterocycles. The van der Waals surface area contributed by atoms with Crippen molar-refractivity contribution in [2.45, 2.75) is 32.8 Å². The Morgan fingerprint density at radius 1 is 1.18 bits per heavy atom. The zero-order chi connectivity index (χ0) is 24.1. The zero-order valence-corrected chi connectivity index (χ0v) is 20.1. The molecule has 4 rings (SSSR count). The van der Waals surface area contributed by atoms with Crippen molar-refractivity contribution in [2.75, 3.05) is 12.4 Å². The standard InChI is InChI=1S/C27H28N2O4S/c1-17-8-11-20-23(14-17)34-27(25(20)26(28)31)29-24(30)13-10-18-9-12-21(22(15-18)32-2)33-16-19-6-4-3-5-7-19/h3-7,9-10,12-13,15,17H,8,11,14,16H2,1-2H3,(H2,28,31)(H,29,30)/b13-10+/t17-/m0/s1. The van der Waals surface area contributed by atoms with Crippen LogP contribution in [0.5, 0.6) is 11.5 Å². The highest BCUT2D eigenvalue weighted by Crippen LogP contribution is 2.39. The number of fused-ring (bicyclic) bond motifs is 1. The molecule has 1 aromatic heterocycles. The number of primary amides is 1. The molecule has 1 heterocycles. The highest BCUT2D eigenvalue weighted by Gasteiger charge is 2.26. The third-order valence-electron chi connectivity index (χ3n) is 5.85. The summed E-state index contributed by atoms with van der Waals surface area (Å²) in [4.78, 5) is 25.8. The van der Waals surface area contributed by atoms with Gasteiger partial charge in [0.25, 0.3) is 5.91 Å². The molecule has 0 spiro atoms. The number of carbonyl (C=O) groups is 2. The van der Waals surface area contributed by atoms with Crippen molar-refractivity contribution in [1.82, 2.24) is 0 Å². The number of ether oxygens (including phenoxy) is 2. The number of anilines is 1. The van der Waals surface area contributed by atoms with Gasteiger partial charge in [0, 0.05) is 11.0 Å². The molecule has 0 saturated heterocycles. The summed E-state index contributed by atoms with van der Waals surface area (Å²) in [6, 6.07) is 15.4. The van der Waals surface area contributed by atoms with Crippen LogP contribution in [-0.2, 0) is 24.2 Å². The summed E-state index contributed by atoms with van der Waals surface area (Å²) >= 11 is 1.45. The second-order valence-electron chi connectivity index (χ2n) is 8.43. The quantitative estimate of drug-likeness (QED) is 0.437. The predicted octanol–water partition coefficient (Wildman–Crippen LogP) is 5.21. The van der Waals surface area contributed by atoms with Crippen molar-refractivity contribution >= 4 is 34.2 Å². The minimum absolute atomic E-state index is 0.322. The SMILES string of the molecule is COc1cc(/C=C/C(=O)Nc2sc3c(c2C(N)=O)CC[C@H](C)C3)ccc1OCc1ccccc1. The van der Waals surface area contributed by atoms with Crippen molar-refractivity contribution in [3.8, 4) is 11.5 Å². The maximum atomic E-state index is 12.6. The predicted molar refractivity (Wildman–Crippen MR) is 135 cm³/mol. The molecule has 2 aromatic carbocycles. The Balaban J connectivity index is 1.44. The van der Waals surface area contributed by atoms with Crippen LogP contribution in [0.4, 0.5) is 5.00 Å². The van der Waals surface area contributed by atoms with Crippen LogP contribution in [0.2, 0.25) is 0 Å². The van der Waals surface area contributed by atoms with Gasteiger partial charge in [0.2, 0.25) is 5.91 Å². The fraction of sp³-hybridized carbons (Fsp3) is 0.259. The van der Waals surface area contributed by atoms with Gasteiger partial charge in [0.15, 0.2) is 11.5 Å². The minimum atomic E-state index is -0.498. The third kappa shape index (κ3) is 5.48. The number of carbonyl (C=O) groups excluding carboxylic acids is 2. The third-order valence-corrected chi connectivity index (χ3v) is 7.02. The van der Waals surface area contributed by atoms with Gasteiger partial charge < -0.3 is 20.5 Å². The topological polar surface area (TPSA) is 90.6 Å². The van der Waals surface area contributed by atoms with E-state index in [1.54, 1.807) is 13.2 Å². The van der Waals surface area contributed by atoms with Gasteiger partial charge in [-0.05, 0) is 60.1 Å². The number of rotatable bonds is 8. The van der Waals surface area contributed by atoms with Crippen molar-refractivity contribution in [3.63, 3.8) is 0 Å². The zero-order valence-electron chi connectivity index (χ0n) is 19.3. The summed E-state index contributed by atoms with van der Waals surface area (Å²) in [5.41, 5.74) is 8.93. The lowest BCUT2D eigenvalue weighted by molar-refractivity contribution is -0.111. The molecule has 2 amide bonds. The van der Waals surface area contributed by atoms with Crippen molar-refractivity contribution < 1.29 is 19.1 Å². The number of nitrogens with one attached hydrogen (secondary N) is 1. The Morgan fingerprint density at radius 3 is 2.71 bits per heavy atom. The minimum Gasteiger partial charge on any atom is -0.493 e. The molecule has 176 valence electrons. The molecular formula is C27H28N2O4S. The summed E-state index contributed by atoms with van der Waals surface area (Å²) in [7, 11) is 1.58. The number of methoxy groups -OCH3 is 1. The van der Waals surface area contributed by atoms with Crippen LogP contribution in [0, 0.1) is 5.92 Å². The molecule has 0 radical (unpaired) electrons. The van der Waals surface area contributed by atoms with E-state index >= 15 is 0 Å². The van der Waals surface area contributed by atoms with Gasteiger partial charge in [0.05, 0.1) is 12.7 Å². The van der Waals surface area contributed by atoms with Gasteiger partial charge >= 0.3 is 0 Å². The van der Waals surface area contributed by atoms with E-state index in [0.717, 1.165) is 40.8 Å². The molecule has 3 aromatic rings. The molecule has 34 heavy (non-hydrogen) atoms. The van der Waals surface area contributed by atoms with Crippen LogP contribution in [0.3, 0.4) is 0 Å². The van der Waals surface area contributed by atoms with Gasteiger partial charge in [-0.3, -0.25) is 9.59 Å². The molecule has 1 atom stereocenters. The molecule has 0 unspecified atom stereocenters. The second kappa shape index (κ2) is 10.6. The van der Waals surface area contributed by atoms with Gasteiger partial charge in [-0.25, -0.2) is 0 Å². The molecule has 0 bridgehead atoms. The number of nitrogens with two attached hydrogens (primary N) is 1. The van der Waals surface area contributed by atoms with Crippen LogP contribution < -0.4 is 20.5 Å². The highest BCUT2D eigenvalue weighted by atomic mass is 32.1. The lowest BCUT2D eigenvalue weighted by Crippen LogP contribution is -2.18. The maximum Gasteiger partial charge on any atom is 0.251 e. The molecule has 0 fully saturated rings. The lowest BCUT2D eigenvalue weighted by Gasteiger charge is -2.18. The normalized spacial score (nSPS) is 15.1. The van der Waals surface area contributed by atoms with Crippen LogP contribution in [0.1, 0.15) is 45.3 Å². The molecule has 1 aliphatic rings. The van der Waals surface area contributed by atoms with E-state index in [2.05, 4.69) is 12.2 Å². The second-order valence-corrected chi connectivity index (χ2v) is 9.53. The Hall–Kier alpha value is -3.58. The van der Waals surface area contributed by atoms with E-state index in [1.165, 1.54) is 17.4 Å². The van der Waals surface area contributed by atoms with Crippen molar-refractivity contribution in [3.05, 3.63) is 81.7 Å². The fourth-order valence-corrected chi connectivity index (χ4v) is 5.49. The first-order valence-electron chi connectivity index (χ1n) is 11.2. The van der Waals surface area contributed by atoms with E-state index in [9.17, 15) is 9.59 Å². The first-order valence-corrected chi connectivity index (χ1v) is 12.0. The Morgan fingerprint density at radius 2 is 1.97 bits per heavy atom. The molecule has 1 aliphatic carbocycles. The summed E-state index contributed by atoms with van der Waals surface area (Å²) in [6.07, 6.45) is 5.87. The van der Waals surface area contributed by atoms with E-state index in [4.69, 9.17) is 15.2 Å². The smallest absolute Gasteiger partial charge is 0.251 e. The van der Waals surface area contributed by atoms with Crippen molar-refractivity contribution in [2.24, 2.45) is 11.7 Å². The van der Waals surface area contributed by atoms with Gasteiger partial charge in [-0.15, -0.1) is 11.3 Å². The van der Waals surface area contributed by atoms with Crippen LogP contribution in [0.15, 0.2) is 54.6 Å². The maximum absolute atomic E-state index is 12.6. The Bertz CT molecular complexity index is 1220. The van der Waals surface area contributed by atoms with Gasteiger partial charge in [-0.1, -0.05) is 43.3 Å². The monoisotopic (exact) mass is 476 g/mol. The molecule has 7 heteroatoms. The van der Waals surface area contributed by atoms with Gasteiger partial charge in [-0.2, -0.15) is 0 Å². The number of hydrogen-bond donors (Lipinski definition) is 2. The summed E-state index contributed by atoms with van der Waals surface area (Å²) in [6.45, 7) is 2.63. The molecule has 0 saturated carbocycles. The largest absolute Gasteiger partial charge is 0.493 e. The van der Waals surface area contributed by atoms with Crippen LogP contribution in [-0.4, -0.2) is 18.9 Å². The number of thiophene rings is 1. The number of amides is 2. The van der Waals surface area contributed by atoms with E-state index in [1.807, 2.05) is 48.5 Å². The van der Waals surface area contributed by atoms with Gasteiger partial charge in [0.1, 0.15) is 11.6 Å². The highest BCUT2D eigenvalue weighted by molar-refractivity contribution is 7.17. The molecule has 6 nitrogen and oxygen atoms in total. The summed E-state index contributed by atoms with van der Waals surface area (Å²) in [5, 5.41) is 3.38. The van der Waals surface area contributed by atoms with E-state index in [-0.39, 0.29) is 5.91 Å². The number of hydrogen-bond acceptors (Lipinski definition) is 5. The average Bonchev–Trinajstić information content (AvgIpc) is 3.19. The summed E-state index contributed by atoms with van der Waals surface area (Å²) in [5.74, 6) is 0.941. The Kier molecular flexibility index (Phi) is 7.33.